The van der Waals surface area contributed by atoms with Crippen LogP contribution in [0.3, 0.4) is 0 Å². The molecule has 0 aromatic rings. The van der Waals surface area contributed by atoms with Crippen LogP contribution in [0.1, 0.15) is 27.2 Å². The molecule has 1 aliphatic rings. The first-order chi connectivity index (χ1) is 5.34. The van der Waals surface area contributed by atoms with E-state index in [4.69, 9.17) is 0 Å². The molecular formula is C11H20Zr. The van der Waals surface area contributed by atoms with Crippen molar-refractivity contribution in [1.82, 2.24) is 0 Å². The molecule has 0 spiro atoms. The molecule has 0 radical (unpaired) electrons. The fraction of sp³-hybridized carbons (Fsp3) is 0.636. The summed E-state index contributed by atoms with van der Waals surface area (Å²) in [6, 6.07) is 0. The Morgan fingerprint density at radius 3 is 1.58 bits per heavy atom. The van der Waals surface area contributed by atoms with Gasteiger partial charge in [0.1, 0.15) is 0 Å². The van der Waals surface area contributed by atoms with Gasteiger partial charge in [0.25, 0.3) is 0 Å². The first-order valence-electron chi connectivity index (χ1n) is 4.71. The third-order valence-electron chi connectivity index (χ3n) is 3.00. The standard InChI is InChI=1S/C8H11.3CH3.Zr/c1-6-4-5-7(2)8(6)3;;;;/h4H2,1-3H3;3*1H3;. The first-order valence-corrected chi connectivity index (χ1v) is 13.3. The molecule has 0 bridgehead atoms. The quantitative estimate of drug-likeness (QED) is 0.644. The molecule has 0 unspecified atom stereocenters. The molecule has 0 N–H and O–H groups in total. The maximum absolute atomic E-state index is 2.51. The molecule has 12 heavy (non-hydrogen) atoms. The van der Waals surface area contributed by atoms with Gasteiger partial charge in [-0.05, 0) is 0 Å². The van der Waals surface area contributed by atoms with E-state index in [0.717, 1.165) is 0 Å². The summed E-state index contributed by atoms with van der Waals surface area (Å²) in [7, 11) is 0. The molecule has 0 atom stereocenters. The summed E-state index contributed by atoms with van der Waals surface area (Å²) in [5, 5.41) is 0. The van der Waals surface area contributed by atoms with Crippen LogP contribution >= 0.6 is 0 Å². The molecule has 1 heteroatoms. The predicted molar refractivity (Wildman–Crippen MR) is 53.3 cm³/mol. The number of hydrogen-bond donors (Lipinski definition) is 0. The Kier molecular flexibility index (Phi) is 2.83. The molecule has 0 amide bonds. The molecule has 1 rings (SSSR count). The Hall–Kier alpha value is 0.363. The number of rotatable bonds is 1. The van der Waals surface area contributed by atoms with E-state index < -0.39 is 20.3 Å². The van der Waals surface area contributed by atoms with E-state index in [1.807, 2.05) is 3.28 Å². The summed E-state index contributed by atoms with van der Waals surface area (Å²) < 4.78 is 9.37. The summed E-state index contributed by atoms with van der Waals surface area (Å²) in [5.41, 5.74) is 4.79. The molecule has 0 aromatic heterocycles. The third-order valence-corrected chi connectivity index (χ3v) is 8.81. The molecule has 0 aromatic carbocycles. The van der Waals surface area contributed by atoms with Crippen molar-refractivity contribution in [2.45, 2.75) is 41.1 Å². The molecule has 0 nitrogen and oxygen atoms in total. The summed E-state index contributed by atoms with van der Waals surface area (Å²) in [4.78, 5) is 0. The molecule has 0 heterocycles. The Bertz CT molecular complexity index is 261. The first kappa shape index (κ1) is 10.4. The monoisotopic (exact) mass is 242 g/mol. The van der Waals surface area contributed by atoms with Gasteiger partial charge < -0.3 is 0 Å². The van der Waals surface area contributed by atoms with Crippen molar-refractivity contribution in [2.24, 2.45) is 0 Å². The van der Waals surface area contributed by atoms with Crippen molar-refractivity contribution in [3.8, 4) is 0 Å². The Morgan fingerprint density at radius 1 is 0.917 bits per heavy atom. The van der Waals surface area contributed by atoms with Gasteiger partial charge in [0.2, 0.25) is 0 Å². The average molecular weight is 244 g/mol. The second-order valence-electron chi connectivity index (χ2n) is 4.94. The zero-order valence-electron chi connectivity index (χ0n) is 9.21. The molecule has 0 fully saturated rings. The van der Waals surface area contributed by atoms with Gasteiger partial charge in [0.05, 0.1) is 0 Å². The van der Waals surface area contributed by atoms with Crippen molar-refractivity contribution in [2.75, 3.05) is 0 Å². The van der Waals surface area contributed by atoms with Crippen molar-refractivity contribution < 1.29 is 20.3 Å². The van der Waals surface area contributed by atoms with Crippen LogP contribution in [0.5, 0.6) is 0 Å². The van der Waals surface area contributed by atoms with Crippen LogP contribution in [-0.4, -0.2) is 0 Å². The van der Waals surface area contributed by atoms with Crippen LogP contribution in [-0.2, 0) is 20.3 Å². The Labute approximate surface area is 81.2 Å². The molecule has 0 aliphatic heterocycles. The van der Waals surface area contributed by atoms with Crippen molar-refractivity contribution in [3.05, 3.63) is 20.0 Å². The van der Waals surface area contributed by atoms with Crippen LogP contribution < -0.4 is 0 Å². The van der Waals surface area contributed by atoms with Gasteiger partial charge in [0, 0.05) is 0 Å². The summed E-state index contributed by atoms with van der Waals surface area (Å²) in [5.74, 6) is 0. The second-order valence-corrected chi connectivity index (χ2v) is 17.5. The average Bonchev–Trinajstić information content (AvgIpc) is 2.15. The van der Waals surface area contributed by atoms with Crippen LogP contribution in [0.2, 0.25) is 13.9 Å². The van der Waals surface area contributed by atoms with Gasteiger partial charge >= 0.3 is 81.4 Å². The molecule has 1 aliphatic carbocycles. The minimum absolute atomic E-state index is 1.29. The van der Waals surface area contributed by atoms with E-state index in [0.29, 0.717) is 0 Å². The second kappa shape index (κ2) is 3.25. The fourth-order valence-electron chi connectivity index (χ4n) is 1.90. The van der Waals surface area contributed by atoms with Crippen LogP contribution in [0.4, 0.5) is 0 Å². The Morgan fingerprint density at radius 2 is 1.42 bits per heavy atom. The summed E-state index contributed by atoms with van der Waals surface area (Å²) in [6.45, 7) is 6.86. The van der Waals surface area contributed by atoms with Crippen molar-refractivity contribution >= 4 is 0 Å². The van der Waals surface area contributed by atoms with Gasteiger partial charge in [0.15, 0.2) is 0 Å². The minimum atomic E-state index is -1.74. The fourth-order valence-corrected chi connectivity index (χ4v) is 7.09. The molecule has 68 valence electrons. The van der Waals surface area contributed by atoms with E-state index in [2.05, 4.69) is 34.7 Å². The topological polar surface area (TPSA) is 0 Å². The van der Waals surface area contributed by atoms with Gasteiger partial charge in [-0.3, -0.25) is 0 Å². The zero-order valence-corrected chi connectivity index (χ0v) is 11.7. The van der Waals surface area contributed by atoms with Gasteiger partial charge in [-0.25, -0.2) is 0 Å². The van der Waals surface area contributed by atoms with Gasteiger partial charge in [-0.2, -0.15) is 0 Å². The van der Waals surface area contributed by atoms with E-state index in [1.54, 1.807) is 16.7 Å². The predicted octanol–water partition coefficient (Wildman–Crippen LogP) is 4.30. The van der Waals surface area contributed by atoms with Crippen LogP contribution in [0.25, 0.3) is 0 Å². The zero-order chi connectivity index (χ0) is 9.52. The van der Waals surface area contributed by atoms with Gasteiger partial charge in [-0.1, -0.05) is 0 Å². The molecule has 0 saturated heterocycles. The summed E-state index contributed by atoms with van der Waals surface area (Å²) >= 11 is -1.74. The van der Waals surface area contributed by atoms with Crippen LogP contribution in [0.15, 0.2) is 20.0 Å². The number of allylic oxidation sites excluding steroid dienone is 4. The van der Waals surface area contributed by atoms with Gasteiger partial charge in [-0.15, -0.1) is 0 Å². The Balaban J connectivity index is 3.03. The third kappa shape index (κ3) is 1.82. The van der Waals surface area contributed by atoms with E-state index >= 15 is 0 Å². The van der Waals surface area contributed by atoms with E-state index in [-0.39, 0.29) is 0 Å². The molecular weight excluding hydrogens is 223 g/mol. The summed E-state index contributed by atoms with van der Waals surface area (Å²) in [6.07, 6.45) is 1.29. The normalized spacial score (nSPS) is 19.5. The maximum atomic E-state index is 2.51. The SMILES string of the molecule is CC1=C(C)C(C)=[C]([Zr]([CH3])([CH3])[CH3])C1. The number of hydrogen-bond acceptors (Lipinski definition) is 0. The van der Waals surface area contributed by atoms with Crippen LogP contribution in [0, 0.1) is 0 Å². The van der Waals surface area contributed by atoms with Crippen molar-refractivity contribution in [3.63, 3.8) is 0 Å². The van der Waals surface area contributed by atoms with E-state index in [9.17, 15) is 0 Å². The molecule has 0 saturated carbocycles. The van der Waals surface area contributed by atoms with Crippen molar-refractivity contribution in [1.29, 1.82) is 0 Å². The van der Waals surface area contributed by atoms with E-state index in [1.165, 1.54) is 6.42 Å².